The highest BCUT2D eigenvalue weighted by atomic mass is 79.9. The molecule has 0 radical (unpaired) electrons. The maximum Gasteiger partial charge on any atom is 0.185 e. The van der Waals surface area contributed by atoms with Gasteiger partial charge in [0.15, 0.2) is 11.6 Å². The summed E-state index contributed by atoms with van der Waals surface area (Å²) in [5, 5.41) is 0. The average Bonchev–Trinajstić information content (AvgIpc) is 2.70. The number of allylic oxidation sites excluding steroid dienone is 2. The maximum absolute atomic E-state index is 12.3. The van der Waals surface area contributed by atoms with Crippen LogP contribution in [0.15, 0.2) is 93.9 Å². The fourth-order valence-electron chi connectivity index (χ4n) is 2.59. The van der Waals surface area contributed by atoms with Crippen LogP contribution in [-0.4, -0.2) is 11.6 Å². The number of carbonyl (C=O) groups is 2. The van der Waals surface area contributed by atoms with Crippen molar-refractivity contribution in [2.75, 3.05) is 0 Å². The fourth-order valence-corrected chi connectivity index (χ4v) is 3.38. The summed E-state index contributed by atoms with van der Waals surface area (Å²) in [6, 6.07) is 22.2. The zero-order valence-corrected chi connectivity index (χ0v) is 18.0. The quantitative estimate of drug-likeness (QED) is 0.272. The van der Waals surface area contributed by atoms with Crippen LogP contribution in [0.1, 0.15) is 31.8 Å². The van der Waals surface area contributed by atoms with Gasteiger partial charge in [0.25, 0.3) is 0 Å². The van der Waals surface area contributed by atoms with Crippen molar-refractivity contribution < 1.29 is 9.59 Å². The van der Waals surface area contributed by atoms with E-state index in [4.69, 9.17) is 0 Å². The molecule has 2 nitrogen and oxygen atoms in total. The van der Waals surface area contributed by atoms with E-state index in [1.165, 1.54) is 0 Å². The van der Waals surface area contributed by atoms with Crippen LogP contribution in [0.5, 0.6) is 0 Å². The van der Waals surface area contributed by atoms with E-state index in [2.05, 4.69) is 31.9 Å². The molecule has 138 valence electrons. The number of benzene rings is 3. The van der Waals surface area contributed by atoms with Gasteiger partial charge in [-0.05, 0) is 53.6 Å². The third-order valence-electron chi connectivity index (χ3n) is 3.98. The minimum Gasteiger partial charge on any atom is -0.289 e. The smallest absolute Gasteiger partial charge is 0.185 e. The molecule has 0 aliphatic rings. The molecule has 0 saturated carbocycles. The third kappa shape index (κ3) is 5.72. The molecule has 0 heterocycles. The van der Waals surface area contributed by atoms with Crippen molar-refractivity contribution in [3.63, 3.8) is 0 Å². The standard InChI is InChI=1S/C24H16Br2O2/c25-21-8-2-6-19(15-21)23(27)12-10-17-4-1-5-18(14-17)11-13-24(28)20-7-3-9-22(26)16-20/h1-16H/b12-10+,13-11+. The molecule has 0 atom stereocenters. The Kier molecular flexibility index (Phi) is 6.90. The lowest BCUT2D eigenvalue weighted by Crippen LogP contribution is -1.94. The van der Waals surface area contributed by atoms with Crippen molar-refractivity contribution in [2.45, 2.75) is 0 Å². The number of ketones is 2. The molecule has 28 heavy (non-hydrogen) atoms. The van der Waals surface area contributed by atoms with E-state index in [-0.39, 0.29) is 11.6 Å². The molecule has 0 fully saturated rings. The molecule has 0 saturated heterocycles. The van der Waals surface area contributed by atoms with Gasteiger partial charge < -0.3 is 0 Å². The van der Waals surface area contributed by atoms with E-state index < -0.39 is 0 Å². The minimum absolute atomic E-state index is 0.0629. The zero-order valence-electron chi connectivity index (χ0n) is 14.8. The third-order valence-corrected chi connectivity index (χ3v) is 4.97. The Balaban J connectivity index is 1.71. The summed E-state index contributed by atoms with van der Waals surface area (Å²) < 4.78 is 1.74. The molecule has 0 N–H and O–H groups in total. The lowest BCUT2D eigenvalue weighted by Gasteiger charge is -1.99. The van der Waals surface area contributed by atoms with E-state index in [1.807, 2.05) is 48.5 Å². The van der Waals surface area contributed by atoms with Crippen LogP contribution >= 0.6 is 31.9 Å². The second kappa shape index (κ2) is 9.58. The molecule has 0 aromatic heterocycles. The summed E-state index contributed by atoms with van der Waals surface area (Å²) in [6.07, 6.45) is 6.65. The molecular formula is C24H16Br2O2. The molecule has 3 rings (SSSR count). The van der Waals surface area contributed by atoms with E-state index in [1.54, 1.807) is 48.6 Å². The Morgan fingerprint density at radius 2 is 1.04 bits per heavy atom. The van der Waals surface area contributed by atoms with Gasteiger partial charge >= 0.3 is 0 Å². The number of hydrogen-bond donors (Lipinski definition) is 0. The molecular weight excluding hydrogens is 480 g/mol. The number of carbonyl (C=O) groups excluding carboxylic acids is 2. The van der Waals surface area contributed by atoms with E-state index in [9.17, 15) is 9.59 Å². The zero-order chi connectivity index (χ0) is 19.9. The van der Waals surface area contributed by atoms with Crippen LogP contribution in [0.25, 0.3) is 12.2 Å². The highest BCUT2D eigenvalue weighted by molar-refractivity contribution is 9.10. The molecule has 0 aliphatic carbocycles. The molecule has 3 aromatic rings. The monoisotopic (exact) mass is 494 g/mol. The van der Waals surface area contributed by atoms with Crippen LogP contribution < -0.4 is 0 Å². The predicted octanol–water partition coefficient (Wildman–Crippen LogP) is 7.00. The van der Waals surface area contributed by atoms with Crippen LogP contribution in [0, 0.1) is 0 Å². The normalized spacial score (nSPS) is 11.2. The Morgan fingerprint density at radius 3 is 1.46 bits per heavy atom. The van der Waals surface area contributed by atoms with Gasteiger partial charge in [-0.25, -0.2) is 0 Å². The van der Waals surface area contributed by atoms with Crippen LogP contribution in [0.2, 0.25) is 0 Å². The van der Waals surface area contributed by atoms with Crippen molar-refractivity contribution in [2.24, 2.45) is 0 Å². The van der Waals surface area contributed by atoms with Crippen molar-refractivity contribution >= 4 is 55.6 Å². The Hall–Kier alpha value is -2.56. The summed E-state index contributed by atoms with van der Waals surface area (Å²) in [7, 11) is 0. The Labute approximate surface area is 180 Å². The van der Waals surface area contributed by atoms with Gasteiger partial charge in [0.2, 0.25) is 0 Å². The van der Waals surface area contributed by atoms with Crippen LogP contribution in [0.3, 0.4) is 0 Å². The average molecular weight is 496 g/mol. The maximum atomic E-state index is 12.3. The molecule has 0 amide bonds. The van der Waals surface area contributed by atoms with E-state index in [0.29, 0.717) is 11.1 Å². The van der Waals surface area contributed by atoms with Gasteiger partial charge in [0.05, 0.1) is 0 Å². The topological polar surface area (TPSA) is 34.1 Å². The summed E-state index contributed by atoms with van der Waals surface area (Å²) >= 11 is 6.74. The van der Waals surface area contributed by atoms with Gasteiger partial charge in [-0.1, -0.05) is 86.5 Å². The first-order chi connectivity index (χ1) is 13.5. The van der Waals surface area contributed by atoms with Crippen LogP contribution in [0.4, 0.5) is 0 Å². The van der Waals surface area contributed by atoms with Crippen molar-refractivity contribution in [1.29, 1.82) is 0 Å². The second-order valence-electron chi connectivity index (χ2n) is 6.09. The summed E-state index contributed by atoms with van der Waals surface area (Å²) in [5.41, 5.74) is 3.03. The number of halogens is 2. The highest BCUT2D eigenvalue weighted by Gasteiger charge is 2.03. The number of rotatable bonds is 6. The molecule has 3 aromatic carbocycles. The van der Waals surface area contributed by atoms with Crippen LogP contribution in [-0.2, 0) is 0 Å². The largest absolute Gasteiger partial charge is 0.289 e. The van der Waals surface area contributed by atoms with Crippen molar-refractivity contribution in [3.8, 4) is 0 Å². The highest BCUT2D eigenvalue weighted by Crippen LogP contribution is 2.15. The van der Waals surface area contributed by atoms with Gasteiger partial charge in [-0.2, -0.15) is 0 Å². The molecule has 0 bridgehead atoms. The lowest BCUT2D eigenvalue weighted by atomic mass is 10.1. The predicted molar refractivity (Wildman–Crippen MR) is 121 cm³/mol. The van der Waals surface area contributed by atoms with E-state index >= 15 is 0 Å². The molecule has 0 spiro atoms. The summed E-state index contributed by atoms with van der Waals surface area (Å²) in [5.74, 6) is -0.126. The van der Waals surface area contributed by atoms with Gasteiger partial charge in [-0.15, -0.1) is 0 Å². The summed E-state index contributed by atoms with van der Waals surface area (Å²) in [6.45, 7) is 0. The fraction of sp³-hybridized carbons (Fsp3) is 0. The first kappa shape index (κ1) is 20.2. The Bertz CT molecular complexity index is 998. The SMILES string of the molecule is O=C(/C=C/c1cccc(/C=C/C(=O)c2cccc(Br)c2)c1)c1cccc(Br)c1. The molecule has 0 unspecified atom stereocenters. The van der Waals surface area contributed by atoms with Crippen molar-refractivity contribution in [1.82, 2.24) is 0 Å². The first-order valence-electron chi connectivity index (χ1n) is 8.57. The number of hydrogen-bond acceptors (Lipinski definition) is 2. The van der Waals surface area contributed by atoms with E-state index in [0.717, 1.165) is 20.1 Å². The second-order valence-corrected chi connectivity index (χ2v) is 7.92. The van der Waals surface area contributed by atoms with Gasteiger partial charge in [0.1, 0.15) is 0 Å². The molecule has 4 heteroatoms. The lowest BCUT2D eigenvalue weighted by molar-refractivity contribution is 0.103. The minimum atomic E-state index is -0.0629. The first-order valence-corrected chi connectivity index (χ1v) is 10.2. The van der Waals surface area contributed by atoms with Gasteiger partial charge in [-0.3, -0.25) is 9.59 Å². The molecule has 0 aliphatic heterocycles. The summed E-state index contributed by atoms with van der Waals surface area (Å²) in [4.78, 5) is 24.6. The van der Waals surface area contributed by atoms with Gasteiger partial charge in [0, 0.05) is 20.1 Å². The van der Waals surface area contributed by atoms with Crippen molar-refractivity contribution in [3.05, 3.63) is 116 Å². The Morgan fingerprint density at radius 1 is 0.607 bits per heavy atom.